The van der Waals surface area contributed by atoms with E-state index in [0.717, 1.165) is 19.4 Å². The summed E-state index contributed by atoms with van der Waals surface area (Å²) in [6.45, 7) is 1.16. The molecule has 1 aromatic carbocycles. The lowest BCUT2D eigenvalue weighted by Crippen LogP contribution is -2.32. The molecule has 0 saturated carbocycles. The second kappa shape index (κ2) is 6.73. The Kier molecular flexibility index (Phi) is 4.75. The molecule has 0 radical (unpaired) electrons. The largest absolute Gasteiger partial charge is 0.508 e. The van der Waals surface area contributed by atoms with E-state index in [1.165, 1.54) is 18.2 Å². The Labute approximate surface area is 117 Å². The molecule has 1 fully saturated rings. The Balaban J connectivity index is 1.97. The van der Waals surface area contributed by atoms with E-state index in [-0.39, 0.29) is 17.4 Å². The topological polar surface area (TPSA) is 82.3 Å². The zero-order valence-corrected chi connectivity index (χ0v) is 11.0. The average Bonchev–Trinajstić information content (AvgIpc) is 2.97. The summed E-state index contributed by atoms with van der Waals surface area (Å²) >= 11 is 0. The molecule has 0 unspecified atom stereocenters. The molecule has 1 atom stereocenters. The minimum Gasteiger partial charge on any atom is -0.508 e. The van der Waals surface area contributed by atoms with Crippen LogP contribution in [-0.2, 0) is 9.53 Å². The van der Waals surface area contributed by atoms with Gasteiger partial charge in [0.05, 0.1) is 6.10 Å². The van der Waals surface area contributed by atoms with E-state index in [0.29, 0.717) is 12.1 Å². The van der Waals surface area contributed by atoms with Gasteiger partial charge in [-0.05, 0) is 36.6 Å². The van der Waals surface area contributed by atoms with Crippen LogP contribution in [0.15, 0.2) is 29.8 Å². The van der Waals surface area contributed by atoms with E-state index in [2.05, 4.69) is 5.32 Å². The summed E-state index contributed by atoms with van der Waals surface area (Å²) in [6.07, 6.45) is 3.48. The predicted molar refractivity (Wildman–Crippen MR) is 73.7 cm³/mol. The van der Waals surface area contributed by atoms with Gasteiger partial charge in [0.25, 0.3) is 5.91 Å². The number of nitriles is 1. The Hall–Kier alpha value is -2.32. The first-order valence-corrected chi connectivity index (χ1v) is 6.49. The lowest BCUT2D eigenvalue weighted by Gasteiger charge is -2.10. The zero-order chi connectivity index (χ0) is 14.4. The highest BCUT2D eigenvalue weighted by Gasteiger charge is 2.17. The van der Waals surface area contributed by atoms with E-state index in [4.69, 9.17) is 10.00 Å². The SMILES string of the molecule is N#C/C(=C\c1ccc(O)cc1)C(=O)NC[C@H]1CCCO1. The summed E-state index contributed by atoms with van der Waals surface area (Å²) in [5.74, 6) is -0.264. The molecule has 1 aliphatic heterocycles. The first-order chi connectivity index (χ1) is 9.69. The fraction of sp³-hybridized carbons (Fsp3) is 0.333. The number of phenols is 1. The Morgan fingerprint density at radius 1 is 1.50 bits per heavy atom. The van der Waals surface area contributed by atoms with Crippen molar-refractivity contribution in [3.05, 3.63) is 35.4 Å². The van der Waals surface area contributed by atoms with E-state index >= 15 is 0 Å². The molecule has 20 heavy (non-hydrogen) atoms. The third-order valence-electron chi connectivity index (χ3n) is 3.08. The Morgan fingerprint density at radius 2 is 2.25 bits per heavy atom. The maximum atomic E-state index is 11.9. The van der Waals surface area contributed by atoms with Crippen molar-refractivity contribution in [2.75, 3.05) is 13.2 Å². The molecule has 1 saturated heterocycles. The summed E-state index contributed by atoms with van der Waals surface area (Å²) < 4.78 is 5.40. The summed E-state index contributed by atoms with van der Waals surface area (Å²) in [4.78, 5) is 11.9. The smallest absolute Gasteiger partial charge is 0.262 e. The van der Waals surface area contributed by atoms with Crippen LogP contribution in [0.1, 0.15) is 18.4 Å². The standard InChI is InChI=1S/C15H16N2O3/c16-9-12(8-11-3-5-13(18)6-4-11)15(19)17-10-14-2-1-7-20-14/h3-6,8,14,18H,1-2,7,10H2,(H,17,19)/b12-8+/t14-/m1/s1. The van der Waals surface area contributed by atoms with Gasteiger partial charge in [0.15, 0.2) is 0 Å². The first-order valence-electron chi connectivity index (χ1n) is 6.49. The molecule has 5 nitrogen and oxygen atoms in total. The van der Waals surface area contributed by atoms with E-state index < -0.39 is 5.91 Å². The van der Waals surface area contributed by atoms with Crippen molar-refractivity contribution >= 4 is 12.0 Å². The molecule has 2 N–H and O–H groups in total. The molecule has 0 bridgehead atoms. The predicted octanol–water partition coefficient (Wildman–Crippen LogP) is 1.59. The molecule has 5 heteroatoms. The van der Waals surface area contributed by atoms with Crippen molar-refractivity contribution in [2.45, 2.75) is 18.9 Å². The van der Waals surface area contributed by atoms with Crippen LogP contribution in [0.25, 0.3) is 6.08 Å². The van der Waals surface area contributed by atoms with Gasteiger partial charge >= 0.3 is 0 Å². The van der Waals surface area contributed by atoms with Gasteiger partial charge in [0.1, 0.15) is 17.4 Å². The number of nitrogens with one attached hydrogen (secondary N) is 1. The van der Waals surface area contributed by atoms with E-state index in [9.17, 15) is 9.90 Å². The summed E-state index contributed by atoms with van der Waals surface area (Å²) in [5, 5.41) is 20.9. The maximum absolute atomic E-state index is 11.9. The van der Waals surface area contributed by atoms with Crippen molar-refractivity contribution in [1.82, 2.24) is 5.32 Å². The number of phenolic OH excluding ortho intramolecular Hbond substituents is 1. The van der Waals surface area contributed by atoms with Gasteiger partial charge in [-0.3, -0.25) is 4.79 Å². The minimum absolute atomic E-state index is 0.0358. The van der Waals surface area contributed by atoms with E-state index in [1.807, 2.05) is 6.07 Å². The Morgan fingerprint density at radius 3 is 2.85 bits per heavy atom. The van der Waals surface area contributed by atoms with Gasteiger partial charge < -0.3 is 15.2 Å². The van der Waals surface area contributed by atoms with E-state index in [1.54, 1.807) is 12.1 Å². The normalized spacial score (nSPS) is 18.6. The van der Waals surface area contributed by atoms with Crippen molar-refractivity contribution in [2.24, 2.45) is 0 Å². The zero-order valence-electron chi connectivity index (χ0n) is 11.0. The Bertz CT molecular complexity index is 537. The second-order valence-electron chi connectivity index (χ2n) is 4.61. The van der Waals surface area contributed by atoms with Crippen LogP contribution >= 0.6 is 0 Å². The van der Waals surface area contributed by atoms with Crippen LogP contribution in [0.3, 0.4) is 0 Å². The highest BCUT2D eigenvalue weighted by molar-refractivity contribution is 6.01. The van der Waals surface area contributed by atoms with Crippen molar-refractivity contribution in [1.29, 1.82) is 5.26 Å². The van der Waals surface area contributed by atoms with Gasteiger partial charge in [0.2, 0.25) is 0 Å². The lowest BCUT2D eigenvalue weighted by atomic mass is 10.1. The number of amides is 1. The quantitative estimate of drug-likeness (QED) is 0.644. The molecule has 2 rings (SSSR count). The lowest BCUT2D eigenvalue weighted by molar-refractivity contribution is -0.117. The van der Waals surface area contributed by atoms with Crippen LogP contribution in [0.5, 0.6) is 5.75 Å². The summed E-state index contributed by atoms with van der Waals surface area (Å²) in [5.41, 5.74) is 0.723. The molecule has 1 aromatic rings. The average molecular weight is 272 g/mol. The molecule has 1 amide bonds. The number of aromatic hydroxyl groups is 1. The van der Waals surface area contributed by atoms with Crippen LogP contribution in [0.2, 0.25) is 0 Å². The molecule has 1 heterocycles. The van der Waals surface area contributed by atoms with Crippen LogP contribution < -0.4 is 5.32 Å². The number of nitrogens with zero attached hydrogens (tertiary/aromatic N) is 1. The van der Waals surface area contributed by atoms with Crippen LogP contribution in [-0.4, -0.2) is 30.3 Å². The van der Waals surface area contributed by atoms with Gasteiger partial charge in [-0.25, -0.2) is 0 Å². The van der Waals surface area contributed by atoms with Crippen LogP contribution in [0, 0.1) is 11.3 Å². The minimum atomic E-state index is -0.406. The summed E-state index contributed by atoms with van der Waals surface area (Å²) in [6, 6.07) is 8.17. The number of benzene rings is 1. The van der Waals surface area contributed by atoms with Crippen molar-refractivity contribution < 1.29 is 14.6 Å². The van der Waals surface area contributed by atoms with Gasteiger partial charge in [-0.1, -0.05) is 12.1 Å². The molecule has 0 spiro atoms. The third-order valence-corrected chi connectivity index (χ3v) is 3.08. The molecule has 1 aliphatic rings. The highest BCUT2D eigenvalue weighted by atomic mass is 16.5. The number of rotatable bonds is 4. The third kappa shape index (κ3) is 3.84. The number of carbonyl (C=O) groups is 1. The number of hydrogen-bond donors (Lipinski definition) is 2. The van der Waals surface area contributed by atoms with Gasteiger partial charge in [0, 0.05) is 13.2 Å². The second-order valence-corrected chi connectivity index (χ2v) is 4.61. The fourth-order valence-corrected chi connectivity index (χ4v) is 1.99. The number of ether oxygens (including phenoxy) is 1. The molecule has 0 aliphatic carbocycles. The fourth-order valence-electron chi connectivity index (χ4n) is 1.99. The summed E-state index contributed by atoms with van der Waals surface area (Å²) in [7, 11) is 0. The number of carbonyl (C=O) groups excluding carboxylic acids is 1. The molecule has 104 valence electrons. The van der Waals surface area contributed by atoms with Crippen molar-refractivity contribution in [3.8, 4) is 11.8 Å². The maximum Gasteiger partial charge on any atom is 0.262 e. The number of hydrogen-bond acceptors (Lipinski definition) is 4. The monoisotopic (exact) mass is 272 g/mol. The van der Waals surface area contributed by atoms with Crippen LogP contribution in [0.4, 0.5) is 0 Å². The van der Waals surface area contributed by atoms with Gasteiger partial charge in [-0.2, -0.15) is 5.26 Å². The molecular formula is C15H16N2O3. The van der Waals surface area contributed by atoms with Gasteiger partial charge in [-0.15, -0.1) is 0 Å². The molecule has 0 aromatic heterocycles. The first kappa shape index (κ1) is 14.1. The molecular weight excluding hydrogens is 256 g/mol. The highest BCUT2D eigenvalue weighted by Crippen LogP contribution is 2.13. The van der Waals surface area contributed by atoms with Crippen molar-refractivity contribution in [3.63, 3.8) is 0 Å².